The number of rotatable bonds is 9. The summed E-state index contributed by atoms with van der Waals surface area (Å²) in [6.45, 7) is 3.99. The van der Waals surface area contributed by atoms with E-state index in [-0.39, 0.29) is 5.91 Å². The van der Waals surface area contributed by atoms with Crippen LogP contribution in [0, 0.1) is 0 Å². The number of likely N-dealkylation sites (tertiary alicyclic amines) is 1. The Morgan fingerprint density at radius 1 is 1.37 bits per heavy atom. The Morgan fingerprint density at radius 2 is 2.11 bits per heavy atom. The Labute approximate surface area is 116 Å². The van der Waals surface area contributed by atoms with Crippen LogP contribution >= 0.6 is 0 Å². The highest BCUT2D eigenvalue weighted by Crippen LogP contribution is 2.09. The van der Waals surface area contributed by atoms with E-state index in [4.69, 9.17) is 10.5 Å². The predicted molar refractivity (Wildman–Crippen MR) is 77.0 cm³/mol. The van der Waals surface area contributed by atoms with Crippen molar-refractivity contribution >= 4 is 5.91 Å². The van der Waals surface area contributed by atoms with Crippen LogP contribution in [0.15, 0.2) is 0 Å². The molecule has 0 aliphatic carbocycles. The zero-order valence-corrected chi connectivity index (χ0v) is 12.2. The number of carbonyl (C=O) groups is 1. The zero-order valence-electron chi connectivity index (χ0n) is 12.2. The fraction of sp³-hybridized carbons (Fsp3) is 0.929. The quantitative estimate of drug-likeness (QED) is 0.649. The molecule has 112 valence electrons. The molecular weight excluding hydrogens is 242 g/mol. The largest absolute Gasteiger partial charge is 0.383 e. The second kappa shape index (κ2) is 10.2. The maximum Gasteiger partial charge on any atom is 0.223 e. The fourth-order valence-corrected chi connectivity index (χ4v) is 2.49. The first kappa shape index (κ1) is 16.4. The van der Waals surface area contributed by atoms with Crippen molar-refractivity contribution < 1.29 is 9.53 Å². The van der Waals surface area contributed by atoms with Crippen LogP contribution in [0.1, 0.15) is 38.5 Å². The molecule has 1 saturated heterocycles. The summed E-state index contributed by atoms with van der Waals surface area (Å²) in [5.74, 6) is 0.280. The molecule has 1 aliphatic heterocycles. The molecular formula is C14H29N3O2. The molecule has 1 atom stereocenters. The van der Waals surface area contributed by atoms with Gasteiger partial charge in [0.15, 0.2) is 0 Å². The smallest absolute Gasteiger partial charge is 0.223 e. The van der Waals surface area contributed by atoms with Crippen LogP contribution in [-0.4, -0.2) is 56.7 Å². The molecule has 0 spiro atoms. The third-order valence-corrected chi connectivity index (χ3v) is 3.61. The van der Waals surface area contributed by atoms with Gasteiger partial charge in [-0.25, -0.2) is 0 Å². The van der Waals surface area contributed by atoms with Crippen molar-refractivity contribution in [2.75, 3.05) is 39.9 Å². The van der Waals surface area contributed by atoms with E-state index in [1.54, 1.807) is 7.11 Å². The van der Waals surface area contributed by atoms with E-state index in [0.717, 1.165) is 45.3 Å². The first-order chi connectivity index (χ1) is 9.27. The van der Waals surface area contributed by atoms with Gasteiger partial charge in [0.1, 0.15) is 0 Å². The van der Waals surface area contributed by atoms with Crippen molar-refractivity contribution in [3.8, 4) is 0 Å². The van der Waals surface area contributed by atoms with Gasteiger partial charge in [0.2, 0.25) is 5.91 Å². The van der Waals surface area contributed by atoms with E-state index in [9.17, 15) is 4.79 Å². The minimum absolute atomic E-state index is 0.280. The molecule has 1 unspecified atom stereocenters. The lowest BCUT2D eigenvalue weighted by Crippen LogP contribution is -2.39. The van der Waals surface area contributed by atoms with Gasteiger partial charge >= 0.3 is 0 Å². The van der Waals surface area contributed by atoms with Gasteiger partial charge in [0, 0.05) is 39.2 Å². The number of methoxy groups -OCH3 is 1. The topological polar surface area (TPSA) is 67.6 Å². The number of carbonyl (C=O) groups excluding carboxylic acids is 1. The lowest BCUT2D eigenvalue weighted by Gasteiger charge is -2.27. The number of amides is 1. The first-order valence-electron chi connectivity index (χ1n) is 7.48. The van der Waals surface area contributed by atoms with Crippen LogP contribution in [0.5, 0.6) is 0 Å². The molecule has 1 fully saturated rings. The van der Waals surface area contributed by atoms with Gasteiger partial charge in [-0.05, 0) is 38.6 Å². The molecule has 1 amide bonds. The average Bonchev–Trinajstić information content (AvgIpc) is 2.45. The molecule has 0 saturated carbocycles. The summed E-state index contributed by atoms with van der Waals surface area (Å²) < 4.78 is 5.18. The Bertz CT molecular complexity index is 243. The van der Waals surface area contributed by atoms with Crippen molar-refractivity contribution in [3.05, 3.63) is 0 Å². The molecule has 0 radical (unpaired) electrons. The van der Waals surface area contributed by atoms with Gasteiger partial charge in [-0.1, -0.05) is 0 Å². The second-order valence-corrected chi connectivity index (χ2v) is 5.23. The lowest BCUT2D eigenvalue weighted by atomic mass is 10.1. The summed E-state index contributed by atoms with van der Waals surface area (Å²) in [6, 6.07) is 0.308. The van der Waals surface area contributed by atoms with E-state index < -0.39 is 0 Å². The van der Waals surface area contributed by atoms with Crippen LogP contribution in [0.25, 0.3) is 0 Å². The number of hydrogen-bond donors (Lipinski definition) is 2. The highest BCUT2D eigenvalue weighted by atomic mass is 16.5. The number of piperidine rings is 1. The van der Waals surface area contributed by atoms with Gasteiger partial charge in [0.05, 0.1) is 6.61 Å². The van der Waals surface area contributed by atoms with Gasteiger partial charge in [0.25, 0.3) is 0 Å². The number of nitrogens with two attached hydrogens (primary N) is 1. The van der Waals surface area contributed by atoms with Crippen LogP contribution < -0.4 is 11.1 Å². The number of nitrogens with one attached hydrogen (secondary N) is 1. The first-order valence-corrected chi connectivity index (χ1v) is 7.48. The molecule has 1 rings (SSSR count). The summed E-state index contributed by atoms with van der Waals surface area (Å²) in [5.41, 5.74) is 5.52. The molecule has 5 nitrogen and oxygen atoms in total. The molecule has 5 heteroatoms. The van der Waals surface area contributed by atoms with Crippen molar-refractivity contribution in [1.82, 2.24) is 10.2 Å². The minimum Gasteiger partial charge on any atom is -0.383 e. The van der Waals surface area contributed by atoms with Crippen LogP contribution in [0.4, 0.5) is 0 Å². The Hall–Kier alpha value is -0.650. The highest BCUT2D eigenvalue weighted by molar-refractivity contribution is 5.76. The SMILES string of the molecule is COCC(CCCN)NCCC(=O)N1CCCCC1. The Balaban J connectivity index is 2.16. The normalized spacial score (nSPS) is 17.5. The summed E-state index contributed by atoms with van der Waals surface area (Å²) in [4.78, 5) is 14.0. The minimum atomic E-state index is 0.280. The van der Waals surface area contributed by atoms with Crippen LogP contribution in [-0.2, 0) is 9.53 Å². The van der Waals surface area contributed by atoms with E-state index >= 15 is 0 Å². The molecule has 1 aliphatic rings. The van der Waals surface area contributed by atoms with Gasteiger partial charge < -0.3 is 20.7 Å². The van der Waals surface area contributed by atoms with Gasteiger partial charge in [-0.2, -0.15) is 0 Å². The Morgan fingerprint density at radius 3 is 2.74 bits per heavy atom. The number of nitrogens with zero attached hydrogens (tertiary/aromatic N) is 1. The van der Waals surface area contributed by atoms with E-state index in [2.05, 4.69) is 5.32 Å². The molecule has 0 bridgehead atoms. The molecule has 0 aromatic heterocycles. The summed E-state index contributed by atoms with van der Waals surface area (Å²) >= 11 is 0. The summed E-state index contributed by atoms with van der Waals surface area (Å²) in [7, 11) is 1.70. The fourth-order valence-electron chi connectivity index (χ4n) is 2.49. The molecule has 0 aromatic rings. The second-order valence-electron chi connectivity index (χ2n) is 5.23. The van der Waals surface area contributed by atoms with Crippen molar-refractivity contribution in [2.45, 2.75) is 44.6 Å². The van der Waals surface area contributed by atoms with E-state index in [1.165, 1.54) is 6.42 Å². The van der Waals surface area contributed by atoms with Gasteiger partial charge in [-0.15, -0.1) is 0 Å². The third kappa shape index (κ3) is 6.89. The van der Waals surface area contributed by atoms with Crippen molar-refractivity contribution in [2.24, 2.45) is 5.73 Å². The average molecular weight is 271 g/mol. The number of ether oxygens (including phenoxy) is 1. The molecule has 19 heavy (non-hydrogen) atoms. The van der Waals surface area contributed by atoms with E-state index in [0.29, 0.717) is 25.6 Å². The molecule has 3 N–H and O–H groups in total. The number of hydrogen-bond acceptors (Lipinski definition) is 4. The summed E-state index contributed by atoms with van der Waals surface area (Å²) in [5, 5.41) is 3.40. The maximum atomic E-state index is 12.0. The van der Waals surface area contributed by atoms with Crippen molar-refractivity contribution in [1.29, 1.82) is 0 Å². The molecule has 0 aromatic carbocycles. The highest BCUT2D eigenvalue weighted by Gasteiger charge is 2.16. The van der Waals surface area contributed by atoms with E-state index in [1.807, 2.05) is 4.90 Å². The Kier molecular flexibility index (Phi) is 8.79. The standard InChI is InChI=1S/C14H29N3O2/c1-19-12-13(6-5-8-15)16-9-7-14(18)17-10-3-2-4-11-17/h13,16H,2-12,15H2,1H3. The maximum absolute atomic E-state index is 12.0. The lowest BCUT2D eigenvalue weighted by molar-refractivity contribution is -0.132. The molecule has 1 heterocycles. The van der Waals surface area contributed by atoms with Crippen molar-refractivity contribution in [3.63, 3.8) is 0 Å². The van der Waals surface area contributed by atoms with Crippen LogP contribution in [0.3, 0.4) is 0 Å². The third-order valence-electron chi connectivity index (χ3n) is 3.61. The summed E-state index contributed by atoms with van der Waals surface area (Å²) in [6.07, 6.45) is 6.15. The monoisotopic (exact) mass is 271 g/mol. The predicted octanol–water partition coefficient (Wildman–Crippen LogP) is 0.733. The van der Waals surface area contributed by atoms with Gasteiger partial charge in [-0.3, -0.25) is 4.79 Å². The van der Waals surface area contributed by atoms with Crippen LogP contribution in [0.2, 0.25) is 0 Å². The zero-order chi connectivity index (χ0) is 13.9.